The number of carbonyl (C=O) groups excluding carboxylic acids is 1. The monoisotopic (exact) mass is 274 g/mol. The van der Waals surface area contributed by atoms with Crippen molar-refractivity contribution >= 4 is 23.6 Å². The van der Waals surface area contributed by atoms with Crippen molar-refractivity contribution in [1.82, 2.24) is 4.90 Å². The van der Waals surface area contributed by atoms with Crippen molar-refractivity contribution in [3.63, 3.8) is 0 Å². The van der Waals surface area contributed by atoms with Crippen LogP contribution in [-0.2, 0) is 9.59 Å². The summed E-state index contributed by atoms with van der Waals surface area (Å²) in [4.78, 5) is 24.6. The maximum absolute atomic E-state index is 12.0. The molecule has 1 amide bonds. The van der Waals surface area contributed by atoms with Crippen LogP contribution < -0.4 is 5.73 Å². The lowest BCUT2D eigenvalue weighted by atomic mass is 10.1. The van der Waals surface area contributed by atoms with Crippen molar-refractivity contribution in [1.29, 1.82) is 0 Å². The van der Waals surface area contributed by atoms with E-state index < -0.39 is 12.0 Å². The van der Waals surface area contributed by atoms with Crippen LogP contribution in [0.3, 0.4) is 0 Å². The number of carboxylic acids is 1. The molecule has 104 valence electrons. The van der Waals surface area contributed by atoms with Crippen molar-refractivity contribution in [2.75, 3.05) is 24.6 Å². The maximum Gasteiger partial charge on any atom is 0.327 e. The van der Waals surface area contributed by atoms with Gasteiger partial charge in [-0.3, -0.25) is 4.79 Å². The third-order valence-electron chi connectivity index (χ3n) is 3.08. The summed E-state index contributed by atoms with van der Waals surface area (Å²) in [5.41, 5.74) is 5.40. The zero-order chi connectivity index (χ0) is 13.4. The van der Waals surface area contributed by atoms with Gasteiger partial charge in [-0.1, -0.05) is 12.8 Å². The van der Waals surface area contributed by atoms with Crippen molar-refractivity contribution in [2.24, 2.45) is 5.73 Å². The molecule has 5 nitrogen and oxygen atoms in total. The number of carboxylic acid groups (broad SMARTS) is 1. The van der Waals surface area contributed by atoms with E-state index in [0.717, 1.165) is 31.4 Å². The molecule has 0 radical (unpaired) electrons. The highest BCUT2D eigenvalue weighted by molar-refractivity contribution is 7.99. The Balaban J connectivity index is 2.32. The van der Waals surface area contributed by atoms with Gasteiger partial charge in [-0.2, -0.15) is 11.8 Å². The number of carbonyl (C=O) groups is 2. The van der Waals surface area contributed by atoms with Crippen molar-refractivity contribution in [2.45, 2.75) is 38.1 Å². The smallest absolute Gasteiger partial charge is 0.327 e. The van der Waals surface area contributed by atoms with Crippen LogP contribution in [0, 0.1) is 0 Å². The van der Waals surface area contributed by atoms with Crippen LogP contribution in [0.15, 0.2) is 0 Å². The Morgan fingerprint density at radius 1 is 1.28 bits per heavy atom. The molecule has 0 saturated carbocycles. The fourth-order valence-corrected chi connectivity index (χ4v) is 3.06. The summed E-state index contributed by atoms with van der Waals surface area (Å²) in [5.74, 6) is 0.436. The first-order valence-electron chi connectivity index (χ1n) is 6.47. The molecule has 1 aliphatic rings. The summed E-state index contributed by atoms with van der Waals surface area (Å²) < 4.78 is 0. The summed E-state index contributed by atoms with van der Waals surface area (Å²) in [6.07, 6.45) is 4.31. The Bertz CT molecular complexity index is 286. The highest BCUT2D eigenvalue weighted by Crippen LogP contribution is 2.18. The molecule has 0 aromatic carbocycles. The first-order chi connectivity index (χ1) is 8.66. The predicted octanol–water partition coefficient (Wildman–Crippen LogP) is 0.924. The minimum absolute atomic E-state index is 0.0181. The summed E-state index contributed by atoms with van der Waals surface area (Å²) in [6.45, 7) is 1.25. The average Bonchev–Trinajstić information content (AvgIpc) is 2.38. The molecular formula is C12H22N2O3S. The fourth-order valence-electron chi connectivity index (χ4n) is 2.02. The van der Waals surface area contributed by atoms with E-state index in [1.54, 1.807) is 11.8 Å². The second-order valence-electron chi connectivity index (χ2n) is 4.47. The molecule has 18 heavy (non-hydrogen) atoms. The van der Waals surface area contributed by atoms with Gasteiger partial charge in [0.25, 0.3) is 0 Å². The van der Waals surface area contributed by atoms with Crippen LogP contribution in [0.4, 0.5) is 0 Å². The lowest BCUT2D eigenvalue weighted by Gasteiger charge is -2.32. The second-order valence-corrected chi connectivity index (χ2v) is 5.62. The third-order valence-corrected chi connectivity index (χ3v) is 4.10. The molecule has 1 fully saturated rings. The van der Waals surface area contributed by atoms with Gasteiger partial charge < -0.3 is 15.7 Å². The van der Waals surface area contributed by atoms with Crippen molar-refractivity contribution in [3.8, 4) is 0 Å². The minimum Gasteiger partial charge on any atom is -0.480 e. The molecular weight excluding hydrogens is 252 g/mol. The highest BCUT2D eigenvalue weighted by atomic mass is 32.2. The van der Waals surface area contributed by atoms with E-state index in [-0.39, 0.29) is 5.91 Å². The highest BCUT2D eigenvalue weighted by Gasteiger charge is 2.31. The van der Waals surface area contributed by atoms with Gasteiger partial charge in [0.05, 0.1) is 0 Å². The molecule has 1 saturated heterocycles. The van der Waals surface area contributed by atoms with Gasteiger partial charge in [-0.25, -0.2) is 4.79 Å². The molecule has 6 heteroatoms. The van der Waals surface area contributed by atoms with Gasteiger partial charge in [0.15, 0.2) is 0 Å². The van der Waals surface area contributed by atoms with E-state index >= 15 is 0 Å². The van der Waals surface area contributed by atoms with Crippen molar-refractivity contribution < 1.29 is 14.7 Å². The number of thioether (sulfide) groups is 1. The Hall–Kier alpha value is -0.750. The Kier molecular flexibility index (Phi) is 7.12. The number of nitrogens with zero attached hydrogens (tertiary/aromatic N) is 1. The van der Waals surface area contributed by atoms with Crippen molar-refractivity contribution in [3.05, 3.63) is 0 Å². The largest absolute Gasteiger partial charge is 0.480 e. The number of amides is 1. The quantitative estimate of drug-likeness (QED) is 0.675. The second kappa shape index (κ2) is 8.37. The molecule has 0 bridgehead atoms. The van der Waals surface area contributed by atoms with Gasteiger partial charge in [0.1, 0.15) is 6.04 Å². The van der Waals surface area contributed by atoms with Gasteiger partial charge in [-0.05, 0) is 19.4 Å². The Labute approximate surface area is 112 Å². The maximum atomic E-state index is 12.0. The molecule has 0 spiro atoms. The van der Waals surface area contributed by atoms with E-state index in [2.05, 4.69) is 0 Å². The fraction of sp³-hybridized carbons (Fsp3) is 0.833. The van der Waals surface area contributed by atoms with Crippen LogP contribution in [-0.4, -0.2) is 52.5 Å². The summed E-state index contributed by atoms with van der Waals surface area (Å²) in [6, 6.07) is -0.639. The zero-order valence-corrected chi connectivity index (χ0v) is 11.5. The number of hydrogen-bond acceptors (Lipinski definition) is 4. The molecule has 1 atom stereocenters. The number of nitrogens with two attached hydrogens (primary N) is 1. The average molecular weight is 274 g/mol. The zero-order valence-electron chi connectivity index (χ0n) is 10.6. The molecule has 0 aromatic rings. The molecule has 1 rings (SSSR count). The number of unbranched alkanes of at least 4 members (excludes halogenated alkanes) is 3. The lowest BCUT2D eigenvalue weighted by Crippen LogP contribution is -2.50. The molecule has 1 aliphatic heterocycles. The number of rotatable bonds is 7. The molecule has 1 unspecified atom stereocenters. The Morgan fingerprint density at radius 3 is 2.67 bits per heavy atom. The molecule has 0 aliphatic carbocycles. The summed E-state index contributed by atoms with van der Waals surface area (Å²) in [5, 5.41) is 9.08. The normalized spacial score (nSPS) is 19.8. The van der Waals surface area contributed by atoms with E-state index in [1.807, 2.05) is 0 Å². The molecule has 3 N–H and O–H groups in total. The summed E-state index contributed by atoms with van der Waals surface area (Å²) >= 11 is 1.60. The first-order valence-corrected chi connectivity index (χ1v) is 7.62. The standard InChI is InChI=1S/C12H22N2O3S/c13-6-4-2-1-3-5-11(15)14-7-8-18-9-10(14)12(16)17/h10H,1-9,13H2,(H,16,17). The minimum atomic E-state index is -0.890. The van der Waals surface area contributed by atoms with E-state index in [0.29, 0.717) is 25.3 Å². The number of hydrogen-bond donors (Lipinski definition) is 2. The van der Waals surface area contributed by atoms with E-state index in [9.17, 15) is 9.59 Å². The lowest BCUT2D eigenvalue weighted by molar-refractivity contribution is -0.149. The first kappa shape index (κ1) is 15.3. The summed E-state index contributed by atoms with van der Waals surface area (Å²) in [7, 11) is 0. The van der Waals surface area contributed by atoms with Gasteiger partial charge in [0.2, 0.25) is 5.91 Å². The van der Waals surface area contributed by atoms with Crippen LogP contribution in [0.2, 0.25) is 0 Å². The topological polar surface area (TPSA) is 83.6 Å². The Morgan fingerprint density at radius 2 is 2.00 bits per heavy atom. The van der Waals surface area contributed by atoms with Crippen LogP contribution >= 0.6 is 11.8 Å². The van der Waals surface area contributed by atoms with E-state index in [1.165, 1.54) is 4.90 Å². The van der Waals surface area contributed by atoms with Gasteiger partial charge in [0, 0.05) is 24.5 Å². The number of aliphatic carboxylic acids is 1. The van der Waals surface area contributed by atoms with Gasteiger partial charge in [-0.15, -0.1) is 0 Å². The molecule has 0 aromatic heterocycles. The van der Waals surface area contributed by atoms with Crippen LogP contribution in [0.25, 0.3) is 0 Å². The SMILES string of the molecule is NCCCCCCC(=O)N1CCSCC1C(=O)O. The van der Waals surface area contributed by atoms with Crippen LogP contribution in [0.1, 0.15) is 32.1 Å². The van der Waals surface area contributed by atoms with Gasteiger partial charge >= 0.3 is 5.97 Å². The van der Waals surface area contributed by atoms with E-state index in [4.69, 9.17) is 10.8 Å². The predicted molar refractivity (Wildman–Crippen MR) is 72.6 cm³/mol. The van der Waals surface area contributed by atoms with Crippen LogP contribution in [0.5, 0.6) is 0 Å². The molecule has 1 heterocycles. The third kappa shape index (κ3) is 4.86.